The maximum absolute atomic E-state index is 12.0. The van der Waals surface area contributed by atoms with Crippen molar-refractivity contribution >= 4 is 5.97 Å². The number of carbonyl (C=O) groups is 1. The second-order valence-corrected chi connectivity index (χ2v) is 8.20. The summed E-state index contributed by atoms with van der Waals surface area (Å²) < 4.78 is 18.3. The van der Waals surface area contributed by atoms with E-state index in [4.69, 9.17) is 19.3 Å². The monoisotopic (exact) mass is 431 g/mol. The quantitative estimate of drug-likeness (QED) is 0.491. The molecule has 0 N–H and O–H groups in total. The van der Waals surface area contributed by atoms with E-state index in [0.29, 0.717) is 23.0 Å². The van der Waals surface area contributed by atoms with Crippen molar-refractivity contribution in [2.24, 2.45) is 0 Å². The number of hydrogen-bond acceptors (Lipinski definition) is 6. The van der Waals surface area contributed by atoms with Crippen LogP contribution in [0.2, 0.25) is 0 Å². The first kappa shape index (κ1) is 21.6. The zero-order chi connectivity index (χ0) is 22.7. The van der Waals surface area contributed by atoms with Crippen LogP contribution < -0.4 is 4.74 Å². The second kappa shape index (κ2) is 8.85. The summed E-state index contributed by atoms with van der Waals surface area (Å²) in [7, 11) is 1.33. The van der Waals surface area contributed by atoms with E-state index in [0.717, 1.165) is 29.8 Å². The van der Waals surface area contributed by atoms with E-state index >= 15 is 0 Å². The third-order valence-electron chi connectivity index (χ3n) is 5.23. The van der Waals surface area contributed by atoms with Gasteiger partial charge in [-0.05, 0) is 57.0 Å². The Morgan fingerprint density at radius 2 is 1.97 bits per heavy atom. The lowest BCUT2D eigenvalue weighted by atomic mass is 10.1. The molecule has 7 nitrogen and oxygen atoms in total. The van der Waals surface area contributed by atoms with E-state index in [1.54, 1.807) is 24.6 Å². The zero-order valence-corrected chi connectivity index (χ0v) is 18.4. The van der Waals surface area contributed by atoms with Gasteiger partial charge in [0.05, 0.1) is 42.5 Å². The topological polar surface area (TPSA) is 86.4 Å². The minimum Gasteiger partial charge on any atom is -0.490 e. The van der Waals surface area contributed by atoms with Crippen LogP contribution in [0.1, 0.15) is 37.9 Å². The maximum atomic E-state index is 12.0. The van der Waals surface area contributed by atoms with Gasteiger partial charge in [0.15, 0.2) is 5.60 Å². The summed E-state index contributed by atoms with van der Waals surface area (Å²) in [5, 5.41) is 14.3. The van der Waals surface area contributed by atoms with Crippen LogP contribution in [0.25, 0.3) is 16.9 Å². The molecule has 0 radical (unpaired) electrons. The molecule has 7 heteroatoms. The minimum absolute atomic E-state index is 0.106. The first-order chi connectivity index (χ1) is 15.4. The van der Waals surface area contributed by atoms with Crippen LogP contribution in [0, 0.1) is 11.3 Å². The summed E-state index contributed by atoms with van der Waals surface area (Å²) >= 11 is 0. The second-order valence-electron chi connectivity index (χ2n) is 8.20. The molecule has 0 unspecified atom stereocenters. The predicted octanol–water partition coefficient (Wildman–Crippen LogP) is 4.42. The Morgan fingerprint density at radius 3 is 2.69 bits per heavy atom. The number of hydrogen-bond donors (Lipinski definition) is 0. The minimum atomic E-state index is -1.11. The molecule has 1 fully saturated rings. The van der Waals surface area contributed by atoms with Crippen molar-refractivity contribution in [3.05, 3.63) is 65.9 Å². The average Bonchev–Trinajstić information content (AvgIpc) is 3.52. The number of methoxy groups -OCH3 is 1. The van der Waals surface area contributed by atoms with Gasteiger partial charge in [0, 0.05) is 5.56 Å². The molecule has 3 aromatic rings. The fourth-order valence-electron chi connectivity index (χ4n) is 3.31. The van der Waals surface area contributed by atoms with Crippen molar-refractivity contribution < 1.29 is 19.0 Å². The van der Waals surface area contributed by atoms with Gasteiger partial charge in [-0.25, -0.2) is 9.48 Å². The van der Waals surface area contributed by atoms with Crippen molar-refractivity contribution in [2.75, 3.05) is 7.11 Å². The summed E-state index contributed by atoms with van der Waals surface area (Å²) in [5.74, 6) is 0.341. The van der Waals surface area contributed by atoms with E-state index in [2.05, 4.69) is 6.07 Å². The van der Waals surface area contributed by atoms with Gasteiger partial charge in [-0.2, -0.15) is 10.4 Å². The molecule has 32 heavy (non-hydrogen) atoms. The lowest BCUT2D eigenvalue weighted by molar-refractivity contribution is -0.166. The standard InChI is InChI=1S/C25H25N3O4/c1-25(2,24(29)30-3)31-16-19-14-23(17-8-6-9-21(13-17)32-20-11-12-20)28(27-19)22-10-5-4-7-18(22)15-26/h4-10,13-14,20H,11-12,16H2,1-3H3. The van der Waals surface area contributed by atoms with Gasteiger partial charge in [0.2, 0.25) is 0 Å². The molecule has 2 aromatic carbocycles. The summed E-state index contributed by atoms with van der Waals surface area (Å²) in [5.41, 5.74) is 2.38. The average molecular weight is 431 g/mol. The lowest BCUT2D eigenvalue weighted by Gasteiger charge is -2.21. The molecule has 0 amide bonds. The molecule has 1 heterocycles. The lowest BCUT2D eigenvalue weighted by Crippen LogP contribution is -2.35. The van der Waals surface area contributed by atoms with Gasteiger partial charge in [0.1, 0.15) is 11.8 Å². The van der Waals surface area contributed by atoms with Gasteiger partial charge >= 0.3 is 5.97 Å². The number of aromatic nitrogens is 2. The fourth-order valence-corrected chi connectivity index (χ4v) is 3.31. The van der Waals surface area contributed by atoms with Crippen molar-refractivity contribution in [3.8, 4) is 28.8 Å². The molecule has 1 aromatic heterocycles. The van der Waals surface area contributed by atoms with Crippen LogP contribution in [-0.2, 0) is 20.9 Å². The Labute approximate surface area is 187 Å². The SMILES string of the molecule is COC(=O)C(C)(C)OCc1cc(-c2cccc(OC3CC3)c2)n(-c2ccccc2C#N)n1. The summed E-state index contributed by atoms with van der Waals surface area (Å²) in [6, 6.07) is 19.3. The van der Waals surface area contributed by atoms with Crippen molar-refractivity contribution in [2.45, 2.75) is 45.0 Å². The number of ether oxygens (including phenoxy) is 3. The Kier molecular flexibility index (Phi) is 5.97. The zero-order valence-electron chi connectivity index (χ0n) is 18.4. The van der Waals surface area contributed by atoms with Crippen LogP contribution in [0.4, 0.5) is 0 Å². The molecular formula is C25H25N3O4. The van der Waals surface area contributed by atoms with Crippen LogP contribution in [0.3, 0.4) is 0 Å². The molecule has 164 valence electrons. The van der Waals surface area contributed by atoms with Crippen molar-refractivity contribution in [3.63, 3.8) is 0 Å². The highest BCUT2D eigenvalue weighted by molar-refractivity contribution is 5.78. The van der Waals surface area contributed by atoms with Gasteiger partial charge in [-0.1, -0.05) is 24.3 Å². The molecule has 4 rings (SSSR count). The third-order valence-corrected chi connectivity index (χ3v) is 5.23. The van der Waals surface area contributed by atoms with Crippen molar-refractivity contribution in [1.82, 2.24) is 9.78 Å². The number of esters is 1. The van der Waals surface area contributed by atoms with Gasteiger partial charge in [0.25, 0.3) is 0 Å². The highest BCUT2D eigenvalue weighted by atomic mass is 16.6. The molecule has 1 aliphatic rings. The van der Waals surface area contributed by atoms with Gasteiger partial charge in [-0.15, -0.1) is 0 Å². The van der Waals surface area contributed by atoms with Crippen LogP contribution >= 0.6 is 0 Å². The largest absolute Gasteiger partial charge is 0.490 e. The number of benzene rings is 2. The maximum Gasteiger partial charge on any atom is 0.337 e. The predicted molar refractivity (Wildman–Crippen MR) is 118 cm³/mol. The Balaban J connectivity index is 1.72. The normalized spacial score (nSPS) is 13.4. The van der Waals surface area contributed by atoms with E-state index in [9.17, 15) is 10.1 Å². The number of para-hydroxylation sites is 1. The van der Waals surface area contributed by atoms with Crippen LogP contribution in [0.5, 0.6) is 5.75 Å². The molecule has 1 aliphatic carbocycles. The number of rotatable bonds is 8. The first-order valence-electron chi connectivity index (χ1n) is 10.5. The summed E-state index contributed by atoms with van der Waals surface area (Å²) in [6.07, 6.45) is 2.45. The Hall–Kier alpha value is -3.63. The third kappa shape index (κ3) is 4.66. The fraction of sp³-hybridized carbons (Fsp3) is 0.320. The molecule has 1 saturated carbocycles. The highest BCUT2D eigenvalue weighted by Gasteiger charge is 2.30. The van der Waals surface area contributed by atoms with Crippen LogP contribution in [-0.4, -0.2) is 34.6 Å². The molecule has 0 bridgehead atoms. The van der Waals surface area contributed by atoms with Crippen LogP contribution in [0.15, 0.2) is 54.6 Å². The summed E-state index contributed by atoms with van der Waals surface area (Å²) in [4.78, 5) is 12.0. The van der Waals surface area contributed by atoms with E-state index < -0.39 is 11.6 Å². The van der Waals surface area contributed by atoms with E-state index in [1.807, 2.05) is 48.5 Å². The van der Waals surface area contributed by atoms with Gasteiger partial charge < -0.3 is 14.2 Å². The van der Waals surface area contributed by atoms with E-state index in [-0.39, 0.29) is 6.61 Å². The van der Waals surface area contributed by atoms with Crippen molar-refractivity contribution in [1.29, 1.82) is 5.26 Å². The molecule has 0 saturated heterocycles. The highest BCUT2D eigenvalue weighted by Crippen LogP contribution is 2.32. The first-order valence-corrected chi connectivity index (χ1v) is 10.5. The number of nitrogens with zero attached hydrogens (tertiary/aromatic N) is 3. The Morgan fingerprint density at radius 1 is 1.19 bits per heavy atom. The van der Waals surface area contributed by atoms with Gasteiger partial charge in [-0.3, -0.25) is 0 Å². The number of nitriles is 1. The summed E-state index contributed by atoms with van der Waals surface area (Å²) in [6.45, 7) is 3.41. The molecule has 0 aliphatic heterocycles. The smallest absolute Gasteiger partial charge is 0.337 e. The molecule has 0 atom stereocenters. The Bertz CT molecular complexity index is 1170. The van der Waals surface area contributed by atoms with E-state index in [1.165, 1.54) is 7.11 Å². The number of carbonyl (C=O) groups excluding carboxylic acids is 1. The molecule has 0 spiro atoms. The molecular weight excluding hydrogens is 406 g/mol.